The van der Waals surface area contributed by atoms with Crippen molar-refractivity contribution >= 4 is 50.7 Å². The third kappa shape index (κ3) is 3.45. The van der Waals surface area contributed by atoms with E-state index >= 15 is 0 Å². The number of fused-ring (bicyclic) bond motifs is 1. The molecule has 0 fully saturated rings. The van der Waals surface area contributed by atoms with Crippen molar-refractivity contribution in [2.75, 3.05) is 22.9 Å². The molecule has 126 valence electrons. The van der Waals surface area contributed by atoms with Crippen LogP contribution in [0.5, 0.6) is 5.75 Å². The lowest BCUT2D eigenvalue weighted by atomic mass is 10.3. The zero-order valence-corrected chi connectivity index (χ0v) is 14.9. The Morgan fingerprint density at radius 3 is 2.75 bits per heavy atom. The van der Waals surface area contributed by atoms with Gasteiger partial charge in [0.25, 0.3) is 10.0 Å². The van der Waals surface area contributed by atoms with Crippen LogP contribution in [-0.4, -0.2) is 27.2 Å². The monoisotopic (exact) mass is 384 g/mol. The number of benzene rings is 2. The molecule has 2 aromatic rings. The predicted molar refractivity (Wildman–Crippen MR) is 94.6 cm³/mol. The number of carbonyl (C=O) groups is 1. The molecule has 2 aromatic carbocycles. The van der Waals surface area contributed by atoms with Gasteiger partial charge >= 0.3 is 0 Å². The summed E-state index contributed by atoms with van der Waals surface area (Å²) >= 11 is 7.31. The van der Waals surface area contributed by atoms with Crippen molar-refractivity contribution in [1.29, 1.82) is 0 Å². The Morgan fingerprint density at radius 2 is 2.04 bits per heavy atom. The Bertz CT molecular complexity index is 916. The SMILES string of the molecule is COc1ccc(NS(=O)(=O)c2ccc3c(c2)SCC(=O)N3)cc1Cl. The van der Waals surface area contributed by atoms with Gasteiger partial charge in [0.1, 0.15) is 5.75 Å². The second kappa shape index (κ2) is 6.54. The Kier molecular flexibility index (Phi) is 4.62. The third-order valence-electron chi connectivity index (χ3n) is 3.30. The number of amides is 1. The maximum atomic E-state index is 12.5. The predicted octanol–water partition coefficient (Wildman–Crippen LogP) is 3.19. The van der Waals surface area contributed by atoms with Crippen molar-refractivity contribution in [2.45, 2.75) is 9.79 Å². The number of carbonyl (C=O) groups excluding carboxylic acids is 1. The number of anilines is 2. The summed E-state index contributed by atoms with van der Waals surface area (Å²) in [6, 6.07) is 9.18. The number of hydrogen-bond donors (Lipinski definition) is 2. The minimum absolute atomic E-state index is 0.103. The van der Waals surface area contributed by atoms with Crippen LogP contribution in [-0.2, 0) is 14.8 Å². The van der Waals surface area contributed by atoms with Gasteiger partial charge in [-0.05, 0) is 36.4 Å². The highest BCUT2D eigenvalue weighted by atomic mass is 35.5. The molecular formula is C15H13ClN2O4S2. The van der Waals surface area contributed by atoms with Crippen LogP contribution in [0.4, 0.5) is 11.4 Å². The number of sulfonamides is 1. The maximum Gasteiger partial charge on any atom is 0.261 e. The Labute approximate surface area is 148 Å². The van der Waals surface area contributed by atoms with Gasteiger partial charge in [-0.15, -0.1) is 11.8 Å². The number of ether oxygens (including phenoxy) is 1. The Hall–Kier alpha value is -1.90. The number of thioether (sulfide) groups is 1. The van der Waals surface area contributed by atoms with Gasteiger partial charge in [0.15, 0.2) is 0 Å². The van der Waals surface area contributed by atoms with Gasteiger partial charge in [0.2, 0.25) is 5.91 Å². The molecular weight excluding hydrogens is 372 g/mol. The summed E-state index contributed by atoms with van der Waals surface area (Å²) in [6.45, 7) is 0. The van der Waals surface area contributed by atoms with E-state index in [1.807, 2.05) is 0 Å². The lowest BCUT2D eigenvalue weighted by Gasteiger charge is -2.17. The van der Waals surface area contributed by atoms with Gasteiger partial charge in [0, 0.05) is 4.90 Å². The molecule has 0 bridgehead atoms. The first-order chi connectivity index (χ1) is 11.4. The molecule has 9 heteroatoms. The van der Waals surface area contributed by atoms with Crippen LogP contribution in [0.25, 0.3) is 0 Å². The molecule has 3 rings (SSSR count). The van der Waals surface area contributed by atoms with Crippen LogP contribution in [0.1, 0.15) is 0 Å². The lowest BCUT2D eigenvalue weighted by molar-refractivity contribution is -0.113. The van der Waals surface area contributed by atoms with Crippen LogP contribution in [0.15, 0.2) is 46.2 Å². The van der Waals surface area contributed by atoms with E-state index in [0.29, 0.717) is 27.0 Å². The molecule has 0 spiro atoms. The lowest BCUT2D eigenvalue weighted by Crippen LogP contribution is -2.19. The average molecular weight is 385 g/mol. The Morgan fingerprint density at radius 1 is 1.25 bits per heavy atom. The first-order valence-electron chi connectivity index (χ1n) is 6.82. The largest absolute Gasteiger partial charge is 0.495 e. The number of hydrogen-bond acceptors (Lipinski definition) is 5. The van der Waals surface area contributed by atoms with Crippen LogP contribution in [0, 0.1) is 0 Å². The molecule has 0 radical (unpaired) electrons. The van der Waals surface area contributed by atoms with Crippen LogP contribution in [0.3, 0.4) is 0 Å². The quantitative estimate of drug-likeness (QED) is 0.845. The van der Waals surface area contributed by atoms with Gasteiger partial charge in [0.05, 0.1) is 34.2 Å². The first kappa shape index (κ1) is 16.9. The fourth-order valence-electron chi connectivity index (χ4n) is 2.17. The molecule has 1 amide bonds. The van der Waals surface area contributed by atoms with E-state index in [4.69, 9.17) is 16.3 Å². The topological polar surface area (TPSA) is 84.5 Å². The molecule has 1 heterocycles. The highest BCUT2D eigenvalue weighted by Crippen LogP contribution is 2.34. The fourth-order valence-corrected chi connectivity index (χ4v) is 4.42. The van der Waals surface area contributed by atoms with Gasteiger partial charge in [-0.1, -0.05) is 11.6 Å². The number of halogens is 1. The smallest absolute Gasteiger partial charge is 0.261 e. The summed E-state index contributed by atoms with van der Waals surface area (Å²) in [5.41, 5.74) is 0.946. The third-order valence-corrected chi connectivity index (χ3v) is 6.03. The van der Waals surface area contributed by atoms with Gasteiger partial charge in [-0.25, -0.2) is 8.42 Å². The van der Waals surface area contributed by atoms with Crippen LogP contribution < -0.4 is 14.8 Å². The van der Waals surface area contributed by atoms with Crippen molar-refractivity contribution in [3.8, 4) is 5.75 Å². The first-order valence-corrected chi connectivity index (χ1v) is 9.67. The molecule has 0 unspecified atom stereocenters. The fraction of sp³-hybridized carbons (Fsp3) is 0.133. The summed E-state index contributed by atoms with van der Waals surface area (Å²) < 4.78 is 32.6. The molecule has 2 N–H and O–H groups in total. The Balaban J connectivity index is 1.88. The summed E-state index contributed by atoms with van der Waals surface area (Å²) in [4.78, 5) is 12.2. The number of nitrogens with one attached hydrogen (secondary N) is 2. The molecule has 0 atom stereocenters. The zero-order valence-electron chi connectivity index (χ0n) is 12.5. The summed E-state index contributed by atoms with van der Waals surface area (Å²) in [5, 5.41) is 3.01. The molecule has 1 aliphatic heterocycles. The molecule has 6 nitrogen and oxygen atoms in total. The van der Waals surface area contributed by atoms with Crippen molar-refractivity contribution < 1.29 is 17.9 Å². The number of methoxy groups -OCH3 is 1. The van der Waals surface area contributed by atoms with E-state index < -0.39 is 10.0 Å². The summed E-state index contributed by atoms with van der Waals surface area (Å²) in [7, 11) is -2.29. The maximum absolute atomic E-state index is 12.5. The summed E-state index contributed by atoms with van der Waals surface area (Å²) in [5.74, 6) is 0.618. The van der Waals surface area contributed by atoms with Gasteiger partial charge in [-0.2, -0.15) is 0 Å². The van der Waals surface area contributed by atoms with E-state index in [1.165, 1.54) is 37.1 Å². The zero-order chi connectivity index (χ0) is 17.3. The van der Waals surface area contributed by atoms with Crippen molar-refractivity contribution in [3.63, 3.8) is 0 Å². The molecule has 0 saturated carbocycles. The van der Waals surface area contributed by atoms with E-state index in [2.05, 4.69) is 10.0 Å². The minimum Gasteiger partial charge on any atom is -0.495 e. The molecule has 24 heavy (non-hydrogen) atoms. The van der Waals surface area contributed by atoms with Crippen LogP contribution >= 0.6 is 23.4 Å². The standard InChI is InChI=1S/C15H13ClN2O4S2/c1-22-13-5-2-9(6-11(13)16)18-24(20,21)10-3-4-12-14(7-10)23-8-15(19)17-12/h2-7,18H,8H2,1H3,(H,17,19). The normalized spacial score (nSPS) is 13.8. The highest BCUT2D eigenvalue weighted by molar-refractivity contribution is 8.00. The van der Waals surface area contributed by atoms with Crippen molar-refractivity contribution in [2.24, 2.45) is 0 Å². The molecule has 0 saturated heterocycles. The molecule has 1 aliphatic rings. The minimum atomic E-state index is -3.77. The average Bonchev–Trinajstić information content (AvgIpc) is 2.54. The summed E-state index contributed by atoms with van der Waals surface area (Å²) in [6.07, 6.45) is 0. The van der Waals surface area contributed by atoms with E-state index in [9.17, 15) is 13.2 Å². The number of rotatable bonds is 4. The second-order valence-electron chi connectivity index (χ2n) is 4.95. The van der Waals surface area contributed by atoms with E-state index in [0.717, 1.165) is 0 Å². The van der Waals surface area contributed by atoms with Crippen LogP contribution in [0.2, 0.25) is 5.02 Å². The van der Waals surface area contributed by atoms with E-state index in [-0.39, 0.29) is 16.6 Å². The molecule has 0 aromatic heterocycles. The van der Waals surface area contributed by atoms with E-state index in [1.54, 1.807) is 18.2 Å². The highest BCUT2D eigenvalue weighted by Gasteiger charge is 2.20. The molecule has 0 aliphatic carbocycles. The second-order valence-corrected chi connectivity index (χ2v) is 8.06. The van der Waals surface area contributed by atoms with Crippen molar-refractivity contribution in [3.05, 3.63) is 41.4 Å². The van der Waals surface area contributed by atoms with Gasteiger partial charge in [-0.3, -0.25) is 9.52 Å². The van der Waals surface area contributed by atoms with Crippen molar-refractivity contribution in [1.82, 2.24) is 0 Å². The van der Waals surface area contributed by atoms with Gasteiger partial charge < -0.3 is 10.1 Å².